The van der Waals surface area contributed by atoms with Gasteiger partial charge < -0.3 is 14.2 Å². The molecule has 5 fully saturated rings. The number of hydrogen-bond donors (Lipinski definition) is 0. The number of fused-ring (bicyclic) bond motifs is 5. The number of rotatable bonds is 6. The molecule has 0 radical (unpaired) electrons. The number of ether oxygens (including phenoxy) is 3. The molecule has 5 heteroatoms. The van der Waals surface area contributed by atoms with Crippen molar-refractivity contribution in [2.75, 3.05) is 13.2 Å². The lowest BCUT2D eigenvalue weighted by Gasteiger charge is -2.61. The Kier molecular flexibility index (Phi) is 6.98. The Morgan fingerprint density at radius 3 is 2.53 bits per heavy atom. The zero-order chi connectivity index (χ0) is 23.9. The fourth-order valence-corrected chi connectivity index (χ4v) is 9.21. The van der Waals surface area contributed by atoms with Crippen LogP contribution in [0.15, 0.2) is 12.7 Å². The van der Waals surface area contributed by atoms with Crippen LogP contribution < -0.4 is 0 Å². The molecule has 5 rings (SSSR count). The molecule has 1 heterocycles. The first-order valence-electron chi connectivity index (χ1n) is 13.9. The SMILES string of the molecule is C=CC(=O)OCC(=O)[C@H]1CC[C@H]2[C@H]3CC[C@H]4C[C@@H](O[C@@H]5CCCCO5)CC[C@]4(C)[C@H]3CC[C@]12C. The Labute approximate surface area is 205 Å². The average Bonchev–Trinajstić information content (AvgIpc) is 3.20. The maximum absolute atomic E-state index is 13.0. The number of Topliss-reactive ketones (excluding diaryl/α,β-unsaturated/α-hetero) is 1. The fourth-order valence-electron chi connectivity index (χ4n) is 9.21. The van der Waals surface area contributed by atoms with Gasteiger partial charge in [0, 0.05) is 18.6 Å². The van der Waals surface area contributed by atoms with Crippen LogP contribution in [0.2, 0.25) is 0 Å². The van der Waals surface area contributed by atoms with Gasteiger partial charge in [0.1, 0.15) is 0 Å². The van der Waals surface area contributed by atoms with Gasteiger partial charge in [0.05, 0.1) is 6.10 Å². The van der Waals surface area contributed by atoms with Crippen molar-refractivity contribution >= 4 is 11.8 Å². The van der Waals surface area contributed by atoms with Crippen molar-refractivity contribution in [3.63, 3.8) is 0 Å². The first-order valence-corrected chi connectivity index (χ1v) is 13.9. The quantitative estimate of drug-likeness (QED) is 0.275. The summed E-state index contributed by atoms with van der Waals surface area (Å²) in [5.74, 6) is 2.51. The molecule has 0 unspecified atom stereocenters. The van der Waals surface area contributed by atoms with Gasteiger partial charge in [0.2, 0.25) is 0 Å². The van der Waals surface area contributed by atoms with Gasteiger partial charge in [-0.25, -0.2) is 4.79 Å². The van der Waals surface area contributed by atoms with Crippen LogP contribution in [0, 0.1) is 40.4 Å². The minimum atomic E-state index is -0.502. The Bertz CT molecular complexity index is 787. The molecule has 0 bridgehead atoms. The lowest BCUT2D eigenvalue weighted by molar-refractivity contribution is -0.212. The highest BCUT2D eigenvalue weighted by Crippen LogP contribution is 2.67. The van der Waals surface area contributed by atoms with Gasteiger partial charge in [-0.1, -0.05) is 20.4 Å². The highest BCUT2D eigenvalue weighted by atomic mass is 16.7. The summed E-state index contributed by atoms with van der Waals surface area (Å²) < 4.78 is 17.4. The molecule has 9 atom stereocenters. The first kappa shape index (κ1) is 24.5. The van der Waals surface area contributed by atoms with Gasteiger partial charge in [-0.3, -0.25) is 4.79 Å². The lowest BCUT2D eigenvalue weighted by atomic mass is 9.44. The van der Waals surface area contributed by atoms with Crippen molar-refractivity contribution < 1.29 is 23.8 Å². The number of ketones is 1. The Hall–Kier alpha value is -1.20. The van der Waals surface area contributed by atoms with Gasteiger partial charge in [-0.15, -0.1) is 0 Å². The van der Waals surface area contributed by atoms with Crippen molar-refractivity contribution in [3.05, 3.63) is 12.7 Å². The van der Waals surface area contributed by atoms with E-state index in [2.05, 4.69) is 20.4 Å². The van der Waals surface area contributed by atoms with Gasteiger partial charge in [0.15, 0.2) is 18.7 Å². The van der Waals surface area contributed by atoms with Crippen molar-refractivity contribution in [3.8, 4) is 0 Å². The second-order valence-electron chi connectivity index (χ2n) is 12.4. The third kappa shape index (κ3) is 4.30. The van der Waals surface area contributed by atoms with Gasteiger partial charge in [-0.05, 0) is 112 Å². The molecule has 0 N–H and O–H groups in total. The van der Waals surface area contributed by atoms with E-state index in [1.54, 1.807) is 0 Å². The maximum Gasteiger partial charge on any atom is 0.330 e. The van der Waals surface area contributed by atoms with Crippen LogP contribution in [0.25, 0.3) is 0 Å². The smallest absolute Gasteiger partial charge is 0.330 e. The van der Waals surface area contributed by atoms with E-state index >= 15 is 0 Å². The minimum absolute atomic E-state index is 0.0218. The molecule has 5 aliphatic rings. The first-order chi connectivity index (χ1) is 16.3. The van der Waals surface area contributed by atoms with Gasteiger partial charge in [0.25, 0.3) is 0 Å². The molecular weight excluding hydrogens is 428 g/mol. The van der Waals surface area contributed by atoms with E-state index in [0.717, 1.165) is 62.5 Å². The summed E-state index contributed by atoms with van der Waals surface area (Å²) >= 11 is 0. The van der Waals surface area contributed by atoms with Gasteiger partial charge in [-0.2, -0.15) is 0 Å². The third-order valence-corrected chi connectivity index (χ3v) is 11.0. The molecule has 0 spiro atoms. The fraction of sp³-hybridized carbons (Fsp3) is 0.862. The molecule has 0 aromatic rings. The van der Waals surface area contributed by atoms with Crippen LogP contribution in [-0.2, 0) is 23.8 Å². The highest BCUT2D eigenvalue weighted by molar-refractivity contribution is 5.88. The average molecular weight is 473 g/mol. The Balaban J connectivity index is 1.23. The normalized spacial score (nSPS) is 46.0. The zero-order valence-electron chi connectivity index (χ0n) is 21.3. The summed E-state index contributed by atoms with van der Waals surface area (Å²) in [6.45, 7) is 9.13. The minimum Gasteiger partial charge on any atom is -0.455 e. The predicted octanol–water partition coefficient (Wildman–Crippen LogP) is 5.86. The largest absolute Gasteiger partial charge is 0.455 e. The molecular formula is C29H44O5. The molecule has 190 valence electrons. The molecule has 1 aliphatic heterocycles. The van der Waals surface area contributed by atoms with E-state index in [9.17, 15) is 9.59 Å². The number of carbonyl (C=O) groups excluding carboxylic acids is 2. The molecule has 34 heavy (non-hydrogen) atoms. The summed E-state index contributed by atoms with van der Waals surface area (Å²) in [5.41, 5.74) is 0.458. The van der Waals surface area contributed by atoms with Crippen LogP contribution in [0.4, 0.5) is 0 Å². The zero-order valence-corrected chi connectivity index (χ0v) is 21.3. The van der Waals surface area contributed by atoms with Crippen molar-refractivity contribution in [1.29, 1.82) is 0 Å². The summed E-state index contributed by atoms with van der Waals surface area (Å²) in [6.07, 6.45) is 15.6. The Morgan fingerprint density at radius 1 is 0.971 bits per heavy atom. The second kappa shape index (κ2) is 9.69. The maximum atomic E-state index is 13.0. The van der Waals surface area contributed by atoms with E-state index < -0.39 is 5.97 Å². The van der Waals surface area contributed by atoms with Crippen molar-refractivity contribution in [2.45, 2.75) is 103 Å². The van der Waals surface area contributed by atoms with Crippen LogP contribution in [0.3, 0.4) is 0 Å². The van der Waals surface area contributed by atoms with E-state index in [1.165, 1.54) is 44.9 Å². The molecule has 5 nitrogen and oxygen atoms in total. The van der Waals surface area contributed by atoms with E-state index in [1.807, 2.05) is 0 Å². The van der Waals surface area contributed by atoms with E-state index in [4.69, 9.17) is 14.2 Å². The van der Waals surface area contributed by atoms with Crippen LogP contribution in [0.5, 0.6) is 0 Å². The summed E-state index contributed by atoms with van der Waals surface area (Å²) in [7, 11) is 0. The van der Waals surface area contributed by atoms with Crippen LogP contribution in [0.1, 0.15) is 90.9 Å². The second-order valence-corrected chi connectivity index (χ2v) is 12.4. The molecule has 0 aromatic heterocycles. The van der Waals surface area contributed by atoms with E-state index in [0.29, 0.717) is 17.4 Å². The predicted molar refractivity (Wildman–Crippen MR) is 130 cm³/mol. The number of carbonyl (C=O) groups is 2. The molecule has 4 saturated carbocycles. The van der Waals surface area contributed by atoms with Crippen LogP contribution in [-0.4, -0.2) is 37.4 Å². The number of hydrogen-bond acceptors (Lipinski definition) is 5. The highest BCUT2D eigenvalue weighted by Gasteiger charge is 2.61. The van der Waals surface area contributed by atoms with Crippen LogP contribution >= 0.6 is 0 Å². The van der Waals surface area contributed by atoms with Crippen molar-refractivity contribution in [1.82, 2.24) is 0 Å². The standard InChI is InChI=1S/C29H44O5/c1-4-26(31)33-18-25(30)24-11-10-22-21-9-8-19-17-20(34-27-7-5-6-16-32-27)12-14-28(19,2)23(21)13-15-29(22,24)3/h4,19-24,27H,1,5-18H2,2-3H3/t19-,20-,21+,22-,23-,24+,27+,28-,29-/m0/s1. The molecule has 4 aliphatic carbocycles. The monoisotopic (exact) mass is 472 g/mol. The molecule has 0 amide bonds. The topological polar surface area (TPSA) is 61.8 Å². The molecule has 0 aromatic carbocycles. The summed E-state index contributed by atoms with van der Waals surface area (Å²) in [5, 5.41) is 0. The summed E-state index contributed by atoms with van der Waals surface area (Å²) in [6, 6.07) is 0. The lowest BCUT2D eigenvalue weighted by Crippen LogP contribution is -2.54. The third-order valence-electron chi connectivity index (χ3n) is 11.0. The number of esters is 1. The van der Waals surface area contributed by atoms with Gasteiger partial charge >= 0.3 is 5.97 Å². The molecule has 1 saturated heterocycles. The Morgan fingerprint density at radius 2 is 1.76 bits per heavy atom. The van der Waals surface area contributed by atoms with Crippen molar-refractivity contribution in [2.24, 2.45) is 40.4 Å². The van der Waals surface area contributed by atoms with E-state index in [-0.39, 0.29) is 30.0 Å². The summed E-state index contributed by atoms with van der Waals surface area (Å²) in [4.78, 5) is 24.5.